The number of benzene rings is 1. The number of nitrogens with one attached hydrogen (secondary N) is 1. The van der Waals surface area contributed by atoms with Gasteiger partial charge in [-0.25, -0.2) is 8.78 Å². The molecule has 1 heterocycles. The second kappa shape index (κ2) is 8.85. The standard InChI is InChI=1S/C12H15ClF2N2O.2ClH/c13-9-7-8(1-2-10(9)18)11(12(14)15)17-5-3-16-4-6-17;;/h1-2,7,11-12,16,18H,3-6H2;2*1H/t11-;;/m0../s1. The molecule has 3 nitrogen and oxygen atoms in total. The van der Waals surface area contributed by atoms with Crippen LogP contribution >= 0.6 is 36.4 Å². The SMILES string of the molecule is Cl.Cl.Oc1ccc([C@@H](C(F)F)N2CCNCC2)cc1Cl. The molecular formula is C12H17Cl3F2N2O. The summed E-state index contributed by atoms with van der Waals surface area (Å²) in [6.07, 6.45) is -2.48. The highest BCUT2D eigenvalue weighted by Crippen LogP contribution is 2.32. The fourth-order valence-electron chi connectivity index (χ4n) is 2.18. The van der Waals surface area contributed by atoms with Crippen molar-refractivity contribution in [1.29, 1.82) is 0 Å². The molecule has 0 saturated carbocycles. The van der Waals surface area contributed by atoms with Crippen molar-refractivity contribution >= 4 is 36.4 Å². The van der Waals surface area contributed by atoms with E-state index in [4.69, 9.17) is 11.6 Å². The van der Waals surface area contributed by atoms with Gasteiger partial charge in [0.05, 0.1) is 11.1 Å². The van der Waals surface area contributed by atoms with Crippen LogP contribution in [0.25, 0.3) is 0 Å². The zero-order valence-electron chi connectivity index (χ0n) is 10.6. The number of hydrogen-bond donors (Lipinski definition) is 2. The summed E-state index contributed by atoms with van der Waals surface area (Å²) in [5, 5.41) is 12.6. The third-order valence-electron chi connectivity index (χ3n) is 3.10. The lowest BCUT2D eigenvalue weighted by Gasteiger charge is -2.34. The minimum atomic E-state index is -2.48. The molecule has 1 aliphatic heterocycles. The van der Waals surface area contributed by atoms with Gasteiger partial charge in [0.1, 0.15) is 5.75 Å². The van der Waals surface area contributed by atoms with Gasteiger partial charge < -0.3 is 10.4 Å². The van der Waals surface area contributed by atoms with Crippen LogP contribution < -0.4 is 5.32 Å². The summed E-state index contributed by atoms with van der Waals surface area (Å²) in [7, 11) is 0. The Balaban J connectivity index is 0.00000180. The second-order valence-corrected chi connectivity index (χ2v) is 4.68. The van der Waals surface area contributed by atoms with Crippen molar-refractivity contribution in [2.24, 2.45) is 0 Å². The van der Waals surface area contributed by atoms with Gasteiger partial charge in [-0.2, -0.15) is 0 Å². The molecule has 8 heteroatoms. The van der Waals surface area contributed by atoms with Crippen LogP contribution in [0, 0.1) is 0 Å². The fourth-order valence-corrected chi connectivity index (χ4v) is 2.37. The van der Waals surface area contributed by atoms with Crippen LogP contribution in [0.2, 0.25) is 5.02 Å². The average molecular weight is 350 g/mol. The van der Waals surface area contributed by atoms with Gasteiger partial charge in [0.2, 0.25) is 0 Å². The lowest BCUT2D eigenvalue weighted by atomic mass is 10.0. The summed E-state index contributed by atoms with van der Waals surface area (Å²) >= 11 is 5.78. The molecule has 2 N–H and O–H groups in total. The van der Waals surface area contributed by atoms with Crippen molar-refractivity contribution in [3.8, 4) is 5.75 Å². The van der Waals surface area contributed by atoms with Gasteiger partial charge in [0.25, 0.3) is 6.43 Å². The molecule has 116 valence electrons. The molecule has 0 amide bonds. The summed E-state index contributed by atoms with van der Waals surface area (Å²) < 4.78 is 26.5. The van der Waals surface area contributed by atoms with E-state index in [0.29, 0.717) is 31.7 Å². The number of hydrogen-bond acceptors (Lipinski definition) is 3. The van der Waals surface area contributed by atoms with E-state index >= 15 is 0 Å². The highest BCUT2D eigenvalue weighted by molar-refractivity contribution is 6.32. The number of phenolic OH excluding ortho intramolecular Hbond substituents is 1. The predicted molar refractivity (Wildman–Crippen MR) is 80.8 cm³/mol. The number of alkyl halides is 2. The molecule has 1 aromatic carbocycles. The van der Waals surface area contributed by atoms with Gasteiger partial charge >= 0.3 is 0 Å². The molecule has 1 fully saturated rings. The maximum absolute atomic E-state index is 13.2. The van der Waals surface area contributed by atoms with Gasteiger partial charge in [-0.1, -0.05) is 17.7 Å². The molecule has 0 unspecified atom stereocenters. The van der Waals surface area contributed by atoms with Crippen LogP contribution in [0.1, 0.15) is 11.6 Å². The molecule has 20 heavy (non-hydrogen) atoms. The first kappa shape index (κ1) is 19.7. The molecule has 0 aromatic heterocycles. The molecular weight excluding hydrogens is 332 g/mol. The van der Waals surface area contributed by atoms with E-state index in [2.05, 4.69) is 5.32 Å². The molecule has 1 aromatic rings. The summed E-state index contributed by atoms with van der Waals surface area (Å²) in [4.78, 5) is 1.74. The van der Waals surface area contributed by atoms with Gasteiger partial charge in [0, 0.05) is 26.2 Å². The van der Waals surface area contributed by atoms with Crippen molar-refractivity contribution in [2.75, 3.05) is 26.2 Å². The van der Waals surface area contributed by atoms with E-state index in [1.807, 2.05) is 0 Å². The Labute approximate surface area is 134 Å². The van der Waals surface area contributed by atoms with E-state index < -0.39 is 12.5 Å². The minimum absolute atomic E-state index is 0. The Morgan fingerprint density at radius 3 is 2.30 bits per heavy atom. The first-order valence-electron chi connectivity index (χ1n) is 5.81. The van der Waals surface area contributed by atoms with E-state index in [1.165, 1.54) is 18.2 Å². The van der Waals surface area contributed by atoms with Crippen molar-refractivity contribution in [1.82, 2.24) is 10.2 Å². The molecule has 0 radical (unpaired) electrons. The highest BCUT2D eigenvalue weighted by Gasteiger charge is 2.30. The predicted octanol–water partition coefficient (Wildman–Crippen LogP) is 3.10. The van der Waals surface area contributed by atoms with Crippen molar-refractivity contribution in [3.63, 3.8) is 0 Å². The zero-order chi connectivity index (χ0) is 13.1. The Morgan fingerprint density at radius 2 is 1.80 bits per heavy atom. The van der Waals surface area contributed by atoms with Crippen LogP contribution in [0.4, 0.5) is 8.78 Å². The largest absolute Gasteiger partial charge is 0.506 e. The van der Waals surface area contributed by atoms with E-state index in [9.17, 15) is 13.9 Å². The first-order chi connectivity index (χ1) is 8.59. The van der Waals surface area contributed by atoms with Crippen LogP contribution in [0.3, 0.4) is 0 Å². The van der Waals surface area contributed by atoms with Crippen molar-refractivity contribution < 1.29 is 13.9 Å². The molecule has 1 aliphatic rings. The zero-order valence-corrected chi connectivity index (χ0v) is 12.9. The second-order valence-electron chi connectivity index (χ2n) is 4.28. The number of nitrogens with zero attached hydrogens (tertiary/aromatic N) is 1. The van der Waals surface area contributed by atoms with Gasteiger partial charge in [-0.15, -0.1) is 24.8 Å². The Morgan fingerprint density at radius 1 is 1.20 bits per heavy atom. The smallest absolute Gasteiger partial charge is 0.258 e. The minimum Gasteiger partial charge on any atom is -0.506 e. The number of aromatic hydroxyl groups is 1. The van der Waals surface area contributed by atoms with E-state index in [1.54, 1.807) is 4.90 Å². The van der Waals surface area contributed by atoms with Crippen LogP contribution in [-0.2, 0) is 0 Å². The fraction of sp³-hybridized carbons (Fsp3) is 0.500. The lowest BCUT2D eigenvalue weighted by molar-refractivity contribution is 0.0181. The van der Waals surface area contributed by atoms with Crippen LogP contribution in [-0.4, -0.2) is 42.6 Å². The molecule has 0 bridgehead atoms. The first-order valence-corrected chi connectivity index (χ1v) is 6.18. The third kappa shape index (κ3) is 4.60. The van der Waals surface area contributed by atoms with Crippen LogP contribution in [0.15, 0.2) is 18.2 Å². The molecule has 2 rings (SSSR count). The Kier molecular flexibility index (Phi) is 8.70. The highest BCUT2D eigenvalue weighted by atomic mass is 35.5. The van der Waals surface area contributed by atoms with Gasteiger partial charge in [-0.3, -0.25) is 4.90 Å². The summed E-state index contributed by atoms with van der Waals surface area (Å²) in [5.74, 6) is -0.0891. The molecule has 0 spiro atoms. The summed E-state index contributed by atoms with van der Waals surface area (Å²) in [5.41, 5.74) is 0.440. The normalized spacial score (nSPS) is 17.2. The topological polar surface area (TPSA) is 35.5 Å². The van der Waals surface area contributed by atoms with Gasteiger partial charge in [-0.05, 0) is 17.7 Å². The van der Waals surface area contributed by atoms with Crippen LogP contribution in [0.5, 0.6) is 5.75 Å². The average Bonchev–Trinajstić information content (AvgIpc) is 2.35. The number of piperazine rings is 1. The molecule has 0 aliphatic carbocycles. The Bertz CT molecular complexity index is 418. The van der Waals surface area contributed by atoms with Crippen molar-refractivity contribution in [3.05, 3.63) is 28.8 Å². The lowest BCUT2D eigenvalue weighted by Crippen LogP contribution is -2.46. The van der Waals surface area contributed by atoms with Crippen molar-refractivity contribution in [2.45, 2.75) is 12.5 Å². The number of rotatable bonds is 3. The molecule has 1 atom stereocenters. The number of halogens is 5. The molecule has 1 saturated heterocycles. The van der Waals surface area contributed by atoms with Gasteiger partial charge in [0.15, 0.2) is 0 Å². The summed E-state index contributed by atoms with van der Waals surface area (Å²) in [6.45, 7) is 2.56. The van der Waals surface area contributed by atoms with E-state index in [0.717, 1.165) is 0 Å². The monoisotopic (exact) mass is 348 g/mol. The maximum Gasteiger partial charge on any atom is 0.258 e. The van der Waals surface area contributed by atoms with E-state index in [-0.39, 0.29) is 35.6 Å². The number of phenols is 1. The third-order valence-corrected chi connectivity index (χ3v) is 3.40. The Hall–Kier alpha value is -0.330. The maximum atomic E-state index is 13.2. The summed E-state index contributed by atoms with van der Waals surface area (Å²) in [6, 6.07) is 3.30. The quantitative estimate of drug-likeness (QED) is 0.880.